The van der Waals surface area contributed by atoms with Crippen LogP contribution in [0.1, 0.15) is 62.1 Å². The van der Waals surface area contributed by atoms with Crippen molar-refractivity contribution in [3.05, 3.63) is 53.9 Å². The second-order valence-corrected chi connectivity index (χ2v) is 7.29. The number of imidazole rings is 1. The minimum absolute atomic E-state index is 0.0318. The van der Waals surface area contributed by atoms with Crippen LogP contribution in [0.15, 0.2) is 42.5 Å². The number of amides is 1. The molecule has 1 heterocycles. The van der Waals surface area contributed by atoms with Crippen LogP contribution in [0, 0.1) is 6.92 Å². The third-order valence-corrected chi connectivity index (χ3v) is 5.06. The normalized spacial score (nSPS) is 11.0. The SMILES string of the molecule is CCCCCCCNC(=O)c1ccc2c(c1)nc(C)n2-c1ccc(OCC)cc1. The number of nitrogens with zero attached hydrogens (tertiary/aromatic N) is 2. The third kappa shape index (κ3) is 5.17. The summed E-state index contributed by atoms with van der Waals surface area (Å²) in [5.74, 6) is 1.71. The van der Waals surface area contributed by atoms with E-state index in [0.29, 0.717) is 12.2 Å². The summed E-state index contributed by atoms with van der Waals surface area (Å²) in [6, 6.07) is 13.7. The van der Waals surface area contributed by atoms with Crippen LogP contribution < -0.4 is 10.1 Å². The molecule has 0 saturated carbocycles. The number of hydrogen-bond donors (Lipinski definition) is 1. The van der Waals surface area contributed by atoms with E-state index in [1.165, 1.54) is 25.7 Å². The van der Waals surface area contributed by atoms with Crippen LogP contribution in [0.5, 0.6) is 5.75 Å². The van der Waals surface area contributed by atoms with E-state index in [0.717, 1.165) is 41.3 Å². The van der Waals surface area contributed by atoms with Crippen LogP contribution in [0.3, 0.4) is 0 Å². The number of benzene rings is 2. The fourth-order valence-electron chi connectivity index (χ4n) is 3.56. The minimum atomic E-state index is -0.0318. The Morgan fingerprint density at radius 3 is 2.52 bits per heavy atom. The number of unbranched alkanes of at least 4 members (excludes halogenated alkanes) is 4. The van der Waals surface area contributed by atoms with Gasteiger partial charge < -0.3 is 10.1 Å². The average molecular weight is 394 g/mol. The van der Waals surface area contributed by atoms with Gasteiger partial charge in [0.05, 0.1) is 17.6 Å². The van der Waals surface area contributed by atoms with Crippen molar-refractivity contribution in [2.75, 3.05) is 13.2 Å². The monoisotopic (exact) mass is 393 g/mol. The summed E-state index contributed by atoms with van der Waals surface area (Å²) in [6.07, 6.45) is 5.93. The van der Waals surface area contributed by atoms with Crippen molar-refractivity contribution < 1.29 is 9.53 Å². The van der Waals surface area contributed by atoms with E-state index < -0.39 is 0 Å². The molecule has 1 N–H and O–H groups in total. The molecule has 0 spiro atoms. The van der Waals surface area contributed by atoms with Gasteiger partial charge in [0.25, 0.3) is 5.91 Å². The first-order chi connectivity index (χ1) is 14.1. The predicted octanol–water partition coefficient (Wildman–Crippen LogP) is 5.43. The number of rotatable bonds is 10. The second kappa shape index (κ2) is 10.1. The smallest absolute Gasteiger partial charge is 0.251 e. The summed E-state index contributed by atoms with van der Waals surface area (Å²) in [6.45, 7) is 7.53. The van der Waals surface area contributed by atoms with E-state index in [-0.39, 0.29) is 5.91 Å². The van der Waals surface area contributed by atoms with Crippen molar-refractivity contribution in [3.63, 3.8) is 0 Å². The number of aromatic nitrogens is 2. The van der Waals surface area contributed by atoms with Gasteiger partial charge in [-0.25, -0.2) is 4.98 Å². The predicted molar refractivity (Wildman–Crippen MR) is 118 cm³/mol. The van der Waals surface area contributed by atoms with E-state index >= 15 is 0 Å². The molecule has 0 unspecified atom stereocenters. The highest BCUT2D eigenvalue weighted by molar-refractivity contribution is 5.97. The lowest BCUT2D eigenvalue weighted by molar-refractivity contribution is 0.0953. The van der Waals surface area contributed by atoms with Crippen molar-refractivity contribution in [3.8, 4) is 11.4 Å². The first-order valence-corrected chi connectivity index (χ1v) is 10.6. The molecule has 2 aromatic carbocycles. The maximum Gasteiger partial charge on any atom is 0.251 e. The number of carbonyl (C=O) groups is 1. The van der Waals surface area contributed by atoms with Gasteiger partial charge >= 0.3 is 0 Å². The van der Waals surface area contributed by atoms with Crippen molar-refractivity contribution in [2.24, 2.45) is 0 Å². The average Bonchev–Trinajstić information content (AvgIpc) is 3.06. The maximum absolute atomic E-state index is 12.5. The van der Waals surface area contributed by atoms with Crippen LogP contribution in [-0.2, 0) is 0 Å². The van der Waals surface area contributed by atoms with Crippen molar-refractivity contribution >= 4 is 16.9 Å². The molecule has 154 valence electrons. The molecule has 0 saturated heterocycles. The Morgan fingerprint density at radius 2 is 1.79 bits per heavy atom. The molecule has 0 atom stereocenters. The first-order valence-electron chi connectivity index (χ1n) is 10.6. The number of aryl methyl sites for hydroxylation is 1. The standard InChI is InChI=1S/C24H31N3O2/c1-4-6-7-8-9-16-25-24(28)19-10-15-23-22(17-19)26-18(3)27(23)20-11-13-21(14-12-20)29-5-2/h10-15,17H,4-9,16H2,1-3H3,(H,25,28). The highest BCUT2D eigenvalue weighted by Gasteiger charge is 2.13. The summed E-state index contributed by atoms with van der Waals surface area (Å²) in [4.78, 5) is 17.2. The zero-order valence-corrected chi connectivity index (χ0v) is 17.7. The fraction of sp³-hybridized carbons (Fsp3) is 0.417. The highest BCUT2D eigenvalue weighted by atomic mass is 16.5. The zero-order chi connectivity index (χ0) is 20.6. The maximum atomic E-state index is 12.5. The van der Waals surface area contributed by atoms with E-state index in [4.69, 9.17) is 4.74 Å². The fourth-order valence-corrected chi connectivity index (χ4v) is 3.56. The number of nitrogens with one attached hydrogen (secondary N) is 1. The molecule has 1 amide bonds. The molecule has 5 heteroatoms. The van der Waals surface area contributed by atoms with Gasteiger partial charge in [-0.2, -0.15) is 0 Å². The summed E-state index contributed by atoms with van der Waals surface area (Å²) in [7, 11) is 0. The molecule has 0 aliphatic rings. The molecule has 3 aromatic rings. The van der Waals surface area contributed by atoms with Crippen molar-refractivity contribution in [2.45, 2.75) is 52.9 Å². The van der Waals surface area contributed by atoms with Crippen LogP contribution in [0.25, 0.3) is 16.7 Å². The lowest BCUT2D eigenvalue weighted by atomic mass is 10.1. The van der Waals surface area contributed by atoms with E-state index in [2.05, 4.69) is 21.8 Å². The third-order valence-electron chi connectivity index (χ3n) is 5.06. The summed E-state index contributed by atoms with van der Waals surface area (Å²) < 4.78 is 7.63. The van der Waals surface area contributed by atoms with Gasteiger partial charge in [-0.3, -0.25) is 9.36 Å². The molecule has 0 aliphatic heterocycles. The van der Waals surface area contributed by atoms with E-state index in [1.54, 1.807) is 0 Å². The van der Waals surface area contributed by atoms with Crippen LogP contribution >= 0.6 is 0 Å². The molecule has 0 fully saturated rings. The summed E-state index contributed by atoms with van der Waals surface area (Å²) >= 11 is 0. The first kappa shape index (κ1) is 20.9. The van der Waals surface area contributed by atoms with Gasteiger partial charge in [0.2, 0.25) is 0 Å². The Balaban J connectivity index is 1.72. The molecule has 3 rings (SSSR count). The Labute approximate surface area is 173 Å². The molecule has 0 aliphatic carbocycles. The van der Waals surface area contributed by atoms with Crippen LogP contribution in [0.2, 0.25) is 0 Å². The van der Waals surface area contributed by atoms with Gasteiger partial charge in [-0.15, -0.1) is 0 Å². The van der Waals surface area contributed by atoms with Gasteiger partial charge in [0.1, 0.15) is 11.6 Å². The Hall–Kier alpha value is -2.82. The topological polar surface area (TPSA) is 56.2 Å². The summed E-state index contributed by atoms with van der Waals surface area (Å²) in [5, 5.41) is 3.02. The zero-order valence-electron chi connectivity index (χ0n) is 17.7. The molecule has 1 aromatic heterocycles. The van der Waals surface area contributed by atoms with Gasteiger partial charge in [-0.05, 0) is 62.7 Å². The molecule has 0 radical (unpaired) electrons. The second-order valence-electron chi connectivity index (χ2n) is 7.29. The molecule has 0 bridgehead atoms. The molecular formula is C24H31N3O2. The highest BCUT2D eigenvalue weighted by Crippen LogP contribution is 2.24. The van der Waals surface area contributed by atoms with Gasteiger partial charge in [0, 0.05) is 17.8 Å². The quantitative estimate of drug-likeness (QED) is 0.467. The number of ether oxygens (including phenoxy) is 1. The number of hydrogen-bond acceptors (Lipinski definition) is 3. The van der Waals surface area contributed by atoms with E-state index in [1.807, 2.05) is 56.3 Å². The largest absolute Gasteiger partial charge is 0.494 e. The van der Waals surface area contributed by atoms with Gasteiger partial charge in [0.15, 0.2) is 0 Å². The van der Waals surface area contributed by atoms with Gasteiger partial charge in [-0.1, -0.05) is 32.6 Å². The molecular weight excluding hydrogens is 362 g/mol. The minimum Gasteiger partial charge on any atom is -0.494 e. The summed E-state index contributed by atoms with van der Waals surface area (Å²) in [5.41, 5.74) is 3.50. The lowest BCUT2D eigenvalue weighted by Crippen LogP contribution is -2.24. The lowest BCUT2D eigenvalue weighted by Gasteiger charge is -2.09. The van der Waals surface area contributed by atoms with Crippen molar-refractivity contribution in [1.82, 2.24) is 14.9 Å². The molecule has 5 nitrogen and oxygen atoms in total. The van der Waals surface area contributed by atoms with Crippen LogP contribution in [0.4, 0.5) is 0 Å². The van der Waals surface area contributed by atoms with E-state index in [9.17, 15) is 4.79 Å². The Kier molecular flexibility index (Phi) is 7.28. The van der Waals surface area contributed by atoms with Crippen LogP contribution in [-0.4, -0.2) is 28.6 Å². The number of fused-ring (bicyclic) bond motifs is 1. The molecule has 29 heavy (non-hydrogen) atoms. The van der Waals surface area contributed by atoms with Crippen molar-refractivity contribution in [1.29, 1.82) is 0 Å². The Bertz CT molecular complexity index is 945. The number of carbonyl (C=O) groups excluding carboxylic acids is 1. The Morgan fingerprint density at radius 1 is 1.03 bits per heavy atom.